The summed E-state index contributed by atoms with van der Waals surface area (Å²) in [5.41, 5.74) is 0. The van der Waals surface area contributed by atoms with Crippen LogP contribution in [0.3, 0.4) is 0 Å². The second-order valence-electron chi connectivity index (χ2n) is 5.82. The predicted molar refractivity (Wildman–Crippen MR) is 101 cm³/mol. The molecule has 0 rings (SSSR count). The van der Waals surface area contributed by atoms with E-state index in [4.69, 9.17) is 9.47 Å². The molecule has 0 fully saturated rings. The average Bonchev–Trinajstić information content (AvgIpc) is 2.53. The monoisotopic (exact) mass is 376 g/mol. The van der Waals surface area contributed by atoms with Crippen LogP contribution >= 0.6 is 15.9 Å². The molecule has 0 atom stereocenters. The van der Waals surface area contributed by atoms with Crippen molar-refractivity contribution in [1.29, 1.82) is 0 Å². The minimum absolute atomic E-state index is 0.0209. The molecule has 0 radical (unpaired) electrons. The van der Waals surface area contributed by atoms with E-state index in [1.165, 1.54) is 51.4 Å². The molecule has 0 heterocycles. The number of halogens is 1. The van der Waals surface area contributed by atoms with Gasteiger partial charge in [0.15, 0.2) is 6.29 Å². The largest absolute Gasteiger partial charge is 0.353 e. The van der Waals surface area contributed by atoms with Gasteiger partial charge in [-0.05, 0) is 51.4 Å². The third-order valence-corrected chi connectivity index (χ3v) is 4.15. The number of alkyl halides is 1. The zero-order valence-electron chi connectivity index (χ0n) is 14.8. The first-order valence-corrected chi connectivity index (χ1v) is 10.4. The van der Waals surface area contributed by atoms with Gasteiger partial charge < -0.3 is 9.47 Å². The lowest BCUT2D eigenvalue weighted by Crippen LogP contribution is -2.18. The zero-order chi connectivity index (χ0) is 16.3. The van der Waals surface area contributed by atoms with Crippen molar-refractivity contribution in [3.05, 3.63) is 12.2 Å². The van der Waals surface area contributed by atoms with Crippen molar-refractivity contribution >= 4 is 15.9 Å². The van der Waals surface area contributed by atoms with Gasteiger partial charge in [0, 0.05) is 18.5 Å². The highest BCUT2D eigenvalue weighted by Crippen LogP contribution is 2.12. The summed E-state index contributed by atoms with van der Waals surface area (Å²) in [6.07, 6.45) is 17.7. The highest BCUT2D eigenvalue weighted by Gasteiger charge is 2.08. The average molecular weight is 377 g/mol. The molecule has 0 unspecified atom stereocenters. The minimum atomic E-state index is 0.0209. The maximum Gasteiger partial charge on any atom is 0.157 e. The molecule has 0 saturated heterocycles. The Hall–Kier alpha value is 0.140. The molecule has 0 aliphatic carbocycles. The minimum Gasteiger partial charge on any atom is -0.353 e. The van der Waals surface area contributed by atoms with Gasteiger partial charge >= 0.3 is 0 Å². The number of unbranched alkanes of at least 4 members (excludes halogenated alkanes) is 6. The van der Waals surface area contributed by atoms with E-state index in [1.54, 1.807) is 0 Å². The maximum atomic E-state index is 5.86. The normalized spacial score (nSPS) is 11.8. The summed E-state index contributed by atoms with van der Waals surface area (Å²) in [4.78, 5) is 0. The molecule has 2 nitrogen and oxygen atoms in total. The lowest BCUT2D eigenvalue weighted by atomic mass is 10.1. The summed E-state index contributed by atoms with van der Waals surface area (Å²) in [7, 11) is 0. The van der Waals surface area contributed by atoms with E-state index in [0.717, 1.165) is 37.8 Å². The van der Waals surface area contributed by atoms with Crippen molar-refractivity contribution in [2.75, 3.05) is 18.5 Å². The van der Waals surface area contributed by atoms with E-state index in [0.29, 0.717) is 0 Å². The van der Waals surface area contributed by atoms with Gasteiger partial charge in [-0.3, -0.25) is 0 Å². The summed E-state index contributed by atoms with van der Waals surface area (Å²) in [5.74, 6) is 0. The molecule has 0 aromatic carbocycles. The number of allylic oxidation sites excluding steroid dienone is 2. The summed E-state index contributed by atoms with van der Waals surface area (Å²) in [5, 5.41) is 1.11. The molecule has 0 aromatic heterocycles. The summed E-state index contributed by atoms with van der Waals surface area (Å²) < 4.78 is 11.7. The third kappa shape index (κ3) is 16.5. The first-order chi connectivity index (χ1) is 10.8. The quantitative estimate of drug-likeness (QED) is 0.123. The summed E-state index contributed by atoms with van der Waals surface area (Å²) in [6, 6.07) is 0. The number of hydrogen-bond donors (Lipinski definition) is 0. The molecule has 132 valence electrons. The smallest absolute Gasteiger partial charge is 0.157 e. The Morgan fingerprint density at radius 1 is 0.773 bits per heavy atom. The molecule has 0 saturated carbocycles. The van der Waals surface area contributed by atoms with E-state index >= 15 is 0 Å². The Morgan fingerprint density at radius 3 is 1.91 bits per heavy atom. The third-order valence-electron chi connectivity index (χ3n) is 3.58. The fourth-order valence-electron chi connectivity index (χ4n) is 2.11. The number of rotatable bonds is 17. The van der Waals surface area contributed by atoms with Crippen LogP contribution in [0, 0.1) is 0 Å². The first-order valence-electron chi connectivity index (χ1n) is 9.29. The van der Waals surface area contributed by atoms with Gasteiger partial charge in [0.1, 0.15) is 0 Å². The molecule has 3 heteroatoms. The molecule has 22 heavy (non-hydrogen) atoms. The molecular formula is C19H37BrO2. The van der Waals surface area contributed by atoms with Crippen LogP contribution in [0.5, 0.6) is 0 Å². The van der Waals surface area contributed by atoms with Crippen molar-refractivity contribution in [2.45, 2.75) is 90.8 Å². The fourth-order valence-corrected chi connectivity index (χ4v) is 2.44. The SMILES string of the molecule is CCCCOC(CCCCC/C=C/CCCBr)OCCCC. The van der Waals surface area contributed by atoms with E-state index in [2.05, 4.69) is 41.9 Å². The van der Waals surface area contributed by atoms with Crippen molar-refractivity contribution in [2.24, 2.45) is 0 Å². The van der Waals surface area contributed by atoms with Crippen molar-refractivity contribution in [1.82, 2.24) is 0 Å². The van der Waals surface area contributed by atoms with Crippen LogP contribution in [0.1, 0.15) is 84.5 Å². The van der Waals surface area contributed by atoms with Crippen molar-refractivity contribution in [3.8, 4) is 0 Å². The van der Waals surface area contributed by atoms with Gasteiger partial charge in [-0.1, -0.05) is 61.2 Å². The molecule has 0 aliphatic heterocycles. The van der Waals surface area contributed by atoms with Crippen LogP contribution in [-0.2, 0) is 9.47 Å². The number of hydrogen-bond acceptors (Lipinski definition) is 2. The van der Waals surface area contributed by atoms with Gasteiger partial charge in [0.25, 0.3) is 0 Å². The lowest BCUT2D eigenvalue weighted by Gasteiger charge is -2.18. The van der Waals surface area contributed by atoms with Gasteiger partial charge in [0.2, 0.25) is 0 Å². The molecule has 0 N–H and O–H groups in total. The van der Waals surface area contributed by atoms with Crippen LogP contribution in [-0.4, -0.2) is 24.8 Å². The first kappa shape index (κ1) is 22.1. The van der Waals surface area contributed by atoms with E-state index in [1.807, 2.05) is 0 Å². The Balaban J connectivity index is 3.61. The Kier molecular flexibility index (Phi) is 19.3. The van der Waals surface area contributed by atoms with Gasteiger partial charge in [-0.2, -0.15) is 0 Å². The van der Waals surface area contributed by atoms with Crippen LogP contribution in [0.15, 0.2) is 12.2 Å². The molecular weight excluding hydrogens is 340 g/mol. The predicted octanol–water partition coefficient (Wildman–Crippen LogP) is 6.63. The van der Waals surface area contributed by atoms with Gasteiger partial charge in [-0.25, -0.2) is 0 Å². The van der Waals surface area contributed by atoms with Crippen molar-refractivity contribution < 1.29 is 9.47 Å². The van der Waals surface area contributed by atoms with E-state index in [-0.39, 0.29) is 6.29 Å². The molecule has 0 spiro atoms. The second kappa shape index (κ2) is 19.2. The van der Waals surface area contributed by atoms with Gasteiger partial charge in [0.05, 0.1) is 0 Å². The standard InChI is InChI=1S/C19H37BrO2/c1-3-5-17-21-19(22-18-6-4-2)15-13-11-9-7-8-10-12-14-16-20/h8,10,19H,3-7,9,11-18H2,1-2H3/b10-8+. The topological polar surface area (TPSA) is 18.5 Å². The lowest BCUT2D eigenvalue weighted by molar-refractivity contribution is -0.147. The Labute approximate surface area is 147 Å². The highest BCUT2D eigenvalue weighted by molar-refractivity contribution is 9.09. The van der Waals surface area contributed by atoms with Crippen LogP contribution in [0.25, 0.3) is 0 Å². The zero-order valence-corrected chi connectivity index (χ0v) is 16.4. The molecule has 0 aliphatic rings. The summed E-state index contributed by atoms with van der Waals surface area (Å²) in [6.45, 7) is 6.07. The molecule has 0 aromatic rings. The number of ether oxygens (including phenoxy) is 2. The van der Waals surface area contributed by atoms with E-state index in [9.17, 15) is 0 Å². The van der Waals surface area contributed by atoms with E-state index < -0.39 is 0 Å². The summed E-state index contributed by atoms with van der Waals surface area (Å²) >= 11 is 3.45. The van der Waals surface area contributed by atoms with Crippen LogP contribution in [0.2, 0.25) is 0 Å². The Bertz CT molecular complexity index is 221. The van der Waals surface area contributed by atoms with Crippen LogP contribution in [0.4, 0.5) is 0 Å². The molecule has 0 amide bonds. The molecule has 0 bridgehead atoms. The van der Waals surface area contributed by atoms with Crippen LogP contribution < -0.4 is 0 Å². The second-order valence-corrected chi connectivity index (χ2v) is 6.61. The Morgan fingerprint density at radius 2 is 1.36 bits per heavy atom. The fraction of sp³-hybridized carbons (Fsp3) is 0.895. The maximum absolute atomic E-state index is 5.86. The van der Waals surface area contributed by atoms with Gasteiger partial charge in [-0.15, -0.1) is 0 Å². The van der Waals surface area contributed by atoms with Crippen molar-refractivity contribution in [3.63, 3.8) is 0 Å². The highest BCUT2D eigenvalue weighted by atomic mass is 79.9.